The first kappa shape index (κ1) is 18.3. The molecule has 1 aromatic carbocycles. The third-order valence-corrected chi connectivity index (χ3v) is 3.88. The third kappa shape index (κ3) is 4.98. The van der Waals surface area contributed by atoms with Crippen molar-refractivity contribution in [1.82, 2.24) is 4.90 Å². The Morgan fingerprint density at radius 1 is 1.17 bits per heavy atom. The lowest BCUT2D eigenvalue weighted by Gasteiger charge is -2.25. The zero-order valence-electron chi connectivity index (χ0n) is 15.0. The van der Waals surface area contributed by atoms with Crippen molar-refractivity contribution in [2.24, 2.45) is 5.92 Å². The van der Waals surface area contributed by atoms with E-state index in [0.717, 1.165) is 18.6 Å². The van der Waals surface area contributed by atoms with Crippen molar-refractivity contribution in [2.45, 2.75) is 52.7 Å². The first-order valence-corrected chi connectivity index (χ1v) is 8.66. The number of rotatable bonds is 8. The average Bonchev–Trinajstić information content (AvgIpc) is 3.37. The molecule has 132 valence electrons. The summed E-state index contributed by atoms with van der Waals surface area (Å²) in [5.74, 6) is 0.138. The topological polar surface area (TPSA) is 55.8 Å². The quantitative estimate of drug-likeness (QED) is 0.685. The molecule has 2 rings (SSSR count). The Morgan fingerprint density at radius 3 is 2.29 bits per heavy atom. The Kier molecular flexibility index (Phi) is 6.23. The maximum atomic E-state index is 12.8. The summed E-state index contributed by atoms with van der Waals surface area (Å²) < 4.78 is 10.7. The van der Waals surface area contributed by atoms with Crippen LogP contribution >= 0.6 is 0 Å². The molecule has 0 aliphatic heterocycles. The highest BCUT2D eigenvalue weighted by atomic mass is 16.5. The first-order valence-electron chi connectivity index (χ1n) is 8.66. The number of amides is 1. The number of carbonyl (C=O) groups excluding carboxylic acids is 2. The molecular weight excluding hydrogens is 306 g/mol. The molecule has 24 heavy (non-hydrogen) atoms. The van der Waals surface area contributed by atoms with Gasteiger partial charge in [-0.3, -0.25) is 9.59 Å². The second-order valence-electron chi connectivity index (χ2n) is 6.53. The highest BCUT2D eigenvalue weighted by molar-refractivity contribution is 5.95. The summed E-state index contributed by atoms with van der Waals surface area (Å²) in [6.45, 7) is 8.27. The van der Waals surface area contributed by atoms with Crippen LogP contribution < -0.4 is 4.74 Å². The largest absolute Gasteiger partial charge is 0.491 e. The first-order chi connectivity index (χ1) is 11.4. The van der Waals surface area contributed by atoms with E-state index in [9.17, 15) is 9.59 Å². The molecule has 0 spiro atoms. The Bertz CT molecular complexity index is 563. The highest BCUT2D eigenvalue weighted by Gasteiger charge is 2.35. The molecule has 0 N–H and O–H groups in total. The third-order valence-electron chi connectivity index (χ3n) is 3.88. The van der Waals surface area contributed by atoms with Crippen molar-refractivity contribution in [3.05, 3.63) is 29.8 Å². The number of hydrogen-bond acceptors (Lipinski definition) is 4. The Morgan fingerprint density at radius 2 is 1.79 bits per heavy atom. The summed E-state index contributed by atoms with van der Waals surface area (Å²) >= 11 is 0. The van der Waals surface area contributed by atoms with Gasteiger partial charge in [0.15, 0.2) is 0 Å². The van der Waals surface area contributed by atoms with E-state index < -0.39 is 0 Å². The van der Waals surface area contributed by atoms with Gasteiger partial charge in [0, 0.05) is 18.2 Å². The van der Waals surface area contributed by atoms with Gasteiger partial charge in [-0.25, -0.2) is 0 Å². The van der Waals surface area contributed by atoms with E-state index in [2.05, 4.69) is 0 Å². The van der Waals surface area contributed by atoms with Crippen LogP contribution in [0.2, 0.25) is 0 Å². The van der Waals surface area contributed by atoms with E-state index in [0.29, 0.717) is 18.7 Å². The summed E-state index contributed by atoms with van der Waals surface area (Å²) in [7, 11) is 0. The molecular formula is C19H27NO4. The number of hydrogen-bond donors (Lipinski definition) is 0. The highest BCUT2D eigenvalue weighted by Crippen LogP contribution is 2.29. The smallest absolute Gasteiger partial charge is 0.310 e. The summed E-state index contributed by atoms with van der Waals surface area (Å²) in [5.41, 5.74) is 0.620. The van der Waals surface area contributed by atoms with Crippen molar-refractivity contribution in [3.8, 4) is 5.75 Å². The van der Waals surface area contributed by atoms with Gasteiger partial charge < -0.3 is 14.4 Å². The van der Waals surface area contributed by atoms with E-state index in [1.165, 1.54) is 0 Å². The Labute approximate surface area is 143 Å². The summed E-state index contributed by atoms with van der Waals surface area (Å²) in [4.78, 5) is 26.5. The van der Waals surface area contributed by atoms with Crippen LogP contribution in [0.1, 0.15) is 50.9 Å². The van der Waals surface area contributed by atoms with Crippen LogP contribution in [0.25, 0.3) is 0 Å². The molecule has 5 heteroatoms. The molecule has 1 atom stereocenters. The summed E-state index contributed by atoms with van der Waals surface area (Å²) in [6.07, 6.45) is 2.09. The molecule has 0 saturated heterocycles. The number of carbonyl (C=O) groups is 2. The van der Waals surface area contributed by atoms with Crippen LogP contribution in [-0.4, -0.2) is 42.1 Å². The Hall–Kier alpha value is -2.04. The minimum Gasteiger partial charge on any atom is -0.491 e. The van der Waals surface area contributed by atoms with Crippen LogP contribution in [0.3, 0.4) is 0 Å². The van der Waals surface area contributed by atoms with E-state index in [4.69, 9.17) is 9.47 Å². The summed E-state index contributed by atoms with van der Waals surface area (Å²) in [6, 6.07) is 7.43. The Balaban J connectivity index is 2.05. The predicted octanol–water partition coefficient (Wildman–Crippen LogP) is 3.28. The van der Waals surface area contributed by atoms with Gasteiger partial charge in [-0.15, -0.1) is 0 Å². The average molecular weight is 333 g/mol. The zero-order chi connectivity index (χ0) is 17.7. The van der Waals surface area contributed by atoms with E-state index in [1.807, 2.05) is 26.0 Å². The molecule has 0 radical (unpaired) electrons. The van der Waals surface area contributed by atoms with Crippen molar-refractivity contribution in [3.63, 3.8) is 0 Å². The zero-order valence-corrected chi connectivity index (χ0v) is 15.0. The molecule has 1 unspecified atom stereocenters. The lowest BCUT2D eigenvalue weighted by Crippen LogP contribution is -2.39. The number of ether oxygens (including phenoxy) is 2. The van der Waals surface area contributed by atoms with Gasteiger partial charge in [0.25, 0.3) is 5.91 Å². The monoisotopic (exact) mass is 333 g/mol. The molecule has 0 aromatic heterocycles. The van der Waals surface area contributed by atoms with E-state index in [-0.39, 0.29) is 29.9 Å². The molecule has 1 aromatic rings. The molecule has 0 bridgehead atoms. The van der Waals surface area contributed by atoms with Crippen molar-refractivity contribution in [1.29, 1.82) is 0 Å². The van der Waals surface area contributed by atoms with Gasteiger partial charge in [-0.05, 0) is 57.9 Å². The van der Waals surface area contributed by atoms with Crippen molar-refractivity contribution in [2.75, 3.05) is 13.2 Å². The standard InChI is InChI=1S/C19H27NO4/c1-5-23-19(22)14(4)12-20(16-8-9-16)18(21)15-6-10-17(11-7-15)24-13(2)3/h6-7,10-11,13-14,16H,5,8-9,12H2,1-4H3. The SMILES string of the molecule is CCOC(=O)C(C)CN(C(=O)c1ccc(OC(C)C)cc1)C1CC1. The van der Waals surface area contributed by atoms with Gasteiger partial charge in [0.2, 0.25) is 0 Å². The predicted molar refractivity (Wildman–Crippen MR) is 92.1 cm³/mol. The normalized spacial score (nSPS) is 15.0. The molecule has 1 amide bonds. The maximum Gasteiger partial charge on any atom is 0.310 e. The number of benzene rings is 1. The van der Waals surface area contributed by atoms with Crippen LogP contribution in [0.15, 0.2) is 24.3 Å². The summed E-state index contributed by atoms with van der Waals surface area (Å²) in [5, 5.41) is 0. The van der Waals surface area contributed by atoms with Crippen molar-refractivity contribution >= 4 is 11.9 Å². The number of esters is 1. The maximum absolute atomic E-state index is 12.8. The second-order valence-corrected chi connectivity index (χ2v) is 6.53. The van der Waals surface area contributed by atoms with Gasteiger partial charge in [0.1, 0.15) is 5.75 Å². The van der Waals surface area contributed by atoms with Crippen LogP contribution in [0, 0.1) is 5.92 Å². The fourth-order valence-electron chi connectivity index (χ4n) is 2.55. The van der Waals surface area contributed by atoms with E-state index in [1.54, 1.807) is 30.9 Å². The van der Waals surface area contributed by atoms with Crippen LogP contribution in [-0.2, 0) is 9.53 Å². The molecule has 1 saturated carbocycles. The van der Waals surface area contributed by atoms with Crippen molar-refractivity contribution < 1.29 is 19.1 Å². The lowest BCUT2D eigenvalue weighted by atomic mass is 10.1. The fraction of sp³-hybridized carbons (Fsp3) is 0.579. The molecule has 1 fully saturated rings. The second kappa shape index (κ2) is 8.18. The molecule has 1 aliphatic rings. The fourth-order valence-corrected chi connectivity index (χ4v) is 2.55. The minimum absolute atomic E-state index is 0.0373. The molecule has 5 nitrogen and oxygen atoms in total. The number of nitrogens with zero attached hydrogens (tertiary/aromatic N) is 1. The van der Waals surface area contributed by atoms with Gasteiger partial charge in [0.05, 0.1) is 18.6 Å². The van der Waals surface area contributed by atoms with Crippen LogP contribution in [0.4, 0.5) is 0 Å². The van der Waals surface area contributed by atoms with Crippen LogP contribution in [0.5, 0.6) is 5.75 Å². The van der Waals surface area contributed by atoms with Gasteiger partial charge in [-0.1, -0.05) is 6.92 Å². The lowest BCUT2D eigenvalue weighted by molar-refractivity contribution is -0.147. The minimum atomic E-state index is -0.321. The van der Waals surface area contributed by atoms with Gasteiger partial charge >= 0.3 is 5.97 Å². The van der Waals surface area contributed by atoms with Gasteiger partial charge in [-0.2, -0.15) is 0 Å². The van der Waals surface area contributed by atoms with E-state index >= 15 is 0 Å². The molecule has 0 heterocycles. The molecule has 1 aliphatic carbocycles.